The zero-order valence-electron chi connectivity index (χ0n) is 18.0. The van der Waals surface area contributed by atoms with E-state index in [0.717, 1.165) is 16.8 Å². The molecule has 7 nitrogen and oxygen atoms in total. The Morgan fingerprint density at radius 2 is 1.79 bits per heavy atom. The first-order valence-electron chi connectivity index (χ1n) is 10.8. The maximum atomic E-state index is 13.1. The molecule has 1 heterocycles. The van der Waals surface area contributed by atoms with Crippen LogP contribution in [-0.2, 0) is 11.2 Å². The summed E-state index contributed by atoms with van der Waals surface area (Å²) >= 11 is 0. The van der Waals surface area contributed by atoms with Crippen LogP contribution in [0.1, 0.15) is 54.1 Å². The summed E-state index contributed by atoms with van der Waals surface area (Å²) in [4.78, 5) is 29.1. The van der Waals surface area contributed by atoms with Crippen LogP contribution in [0.25, 0.3) is 11.8 Å². The van der Waals surface area contributed by atoms with E-state index in [1.165, 1.54) is 0 Å². The lowest BCUT2D eigenvalue weighted by atomic mass is 9.90. The van der Waals surface area contributed by atoms with Crippen LogP contribution in [0.4, 0.5) is 13.2 Å². The fourth-order valence-electron chi connectivity index (χ4n) is 4.22. The average molecular weight is 462 g/mol. The molecule has 176 valence electrons. The van der Waals surface area contributed by atoms with Gasteiger partial charge in [-0.05, 0) is 62.3 Å². The van der Waals surface area contributed by atoms with E-state index in [1.54, 1.807) is 18.7 Å². The van der Waals surface area contributed by atoms with Crippen LogP contribution in [0.2, 0.25) is 0 Å². The summed E-state index contributed by atoms with van der Waals surface area (Å²) in [6, 6.07) is 3.18. The van der Waals surface area contributed by atoms with E-state index in [-0.39, 0.29) is 11.9 Å². The molecular formula is C23H25F3N4O3. The van der Waals surface area contributed by atoms with Crippen molar-refractivity contribution in [2.75, 3.05) is 0 Å². The van der Waals surface area contributed by atoms with Gasteiger partial charge >= 0.3 is 6.18 Å². The summed E-state index contributed by atoms with van der Waals surface area (Å²) in [7, 11) is 0. The minimum absolute atomic E-state index is 0.157. The normalized spacial score (nSPS) is 21.8. The number of aromatic nitrogens is 2. The fourth-order valence-corrected chi connectivity index (χ4v) is 4.22. The molecule has 2 amide bonds. The van der Waals surface area contributed by atoms with Gasteiger partial charge in [0.2, 0.25) is 5.60 Å². The molecule has 0 spiro atoms. The highest BCUT2D eigenvalue weighted by Gasteiger charge is 2.56. The van der Waals surface area contributed by atoms with Gasteiger partial charge in [-0.2, -0.15) is 13.2 Å². The SMILES string of the molecule is CC(O)(C(=O)NC1CCC(NC(=O)c2cc(-n3ccnc3)cc3c2CC=C3)CC1)C(F)(F)F. The quantitative estimate of drug-likeness (QED) is 0.637. The second kappa shape index (κ2) is 8.66. The third-order valence-corrected chi connectivity index (χ3v) is 6.33. The number of benzene rings is 1. The Morgan fingerprint density at radius 3 is 2.39 bits per heavy atom. The number of fused-ring (bicyclic) bond motifs is 1. The van der Waals surface area contributed by atoms with Gasteiger partial charge in [0.05, 0.1) is 6.33 Å². The Morgan fingerprint density at radius 1 is 1.12 bits per heavy atom. The third-order valence-electron chi connectivity index (χ3n) is 6.33. The van der Waals surface area contributed by atoms with Gasteiger partial charge in [-0.1, -0.05) is 12.2 Å². The van der Waals surface area contributed by atoms with Gasteiger partial charge in [-0.15, -0.1) is 0 Å². The summed E-state index contributed by atoms with van der Waals surface area (Å²) in [5.74, 6) is -1.66. The third kappa shape index (κ3) is 4.66. The molecule has 10 heteroatoms. The number of imidazole rings is 1. The summed E-state index contributed by atoms with van der Waals surface area (Å²) in [6.45, 7) is 0.444. The number of allylic oxidation sites excluding steroid dienone is 1. The van der Waals surface area contributed by atoms with Gasteiger partial charge in [0, 0.05) is 35.7 Å². The first-order chi connectivity index (χ1) is 15.6. The molecule has 1 unspecified atom stereocenters. The summed E-state index contributed by atoms with van der Waals surface area (Å²) < 4.78 is 40.4. The van der Waals surface area contributed by atoms with Crippen molar-refractivity contribution >= 4 is 17.9 Å². The molecule has 0 bridgehead atoms. The molecule has 1 atom stereocenters. The van der Waals surface area contributed by atoms with Crippen molar-refractivity contribution in [3.8, 4) is 5.69 Å². The van der Waals surface area contributed by atoms with Crippen molar-refractivity contribution in [3.05, 3.63) is 53.6 Å². The Hall–Kier alpha value is -3.14. The van der Waals surface area contributed by atoms with E-state index in [1.807, 2.05) is 28.9 Å². The van der Waals surface area contributed by atoms with E-state index < -0.39 is 23.7 Å². The van der Waals surface area contributed by atoms with Crippen LogP contribution in [0.15, 0.2) is 36.9 Å². The van der Waals surface area contributed by atoms with Crippen LogP contribution in [0.5, 0.6) is 0 Å². The number of halogens is 3. The molecule has 1 fully saturated rings. The lowest BCUT2D eigenvalue weighted by Crippen LogP contribution is -2.57. The van der Waals surface area contributed by atoms with E-state index in [4.69, 9.17) is 0 Å². The Balaban J connectivity index is 1.38. The lowest BCUT2D eigenvalue weighted by Gasteiger charge is -2.32. The van der Waals surface area contributed by atoms with Gasteiger partial charge in [-0.3, -0.25) is 9.59 Å². The zero-order chi connectivity index (χ0) is 23.8. The molecular weight excluding hydrogens is 437 g/mol. The highest BCUT2D eigenvalue weighted by Crippen LogP contribution is 2.31. The molecule has 1 saturated carbocycles. The molecule has 33 heavy (non-hydrogen) atoms. The van der Waals surface area contributed by atoms with Crippen molar-refractivity contribution in [1.82, 2.24) is 20.2 Å². The van der Waals surface area contributed by atoms with Gasteiger partial charge in [0.1, 0.15) is 0 Å². The molecule has 0 aliphatic heterocycles. The Kier molecular flexibility index (Phi) is 6.04. The van der Waals surface area contributed by atoms with Crippen LogP contribution in [0.3, 0.4) is 0 Å². The molecule has 3 N–H and O–H groups in total. The number of nitrogens with zero attached hydrogens (tertiary/aromatic N) is 2. The number of aliphatic hydroxyl groups is 1. The monoisotopic (exact) mass is 462 g/mol. The first kappa shape index (κ1) is 23.0. The second-order valence-corrected chi connectivity index (χ2v) is 8.70. The second-order valence-electron chi connectivity index (χ2n) is 8.70. The smallest absolute Gasteiger partial charge is 0.373 e. The summed E-state index contributed by atoms with van der Waals surface area (Å²) in [5, 5.41) is 14.8. The Labute approximate surface area is 188 Å². The molecule has 0 radical (unpaired) electrons. The maximum absolute atomic E-state index is 13.1. The number of rotatable bonds is 5. The fraction of sp³-hybridized carbons (Fsp3) is 0.435. The van der Waals surface area contributed by atoms with Crippen LogP contribution in [0, 0.1) is 0 Å². The van der Waals surface area contributed by atoms with Crippen LogP contribution >= 0.6 is 0 Å². The maximum Gasteiger partial charge on any atom is 0.426 e. The van der Waals surface area contributed by atoms with E-state index in [2.05, 4.69) is 15.6 Å². The van der Waals surface area contributed by atoms with Crippen LogP contribution in [-0.4, -0.2) is 50.3 Å². The highest BCUT2D eigenvalue weighted by atomic mass is 19.4. The summed E-state index contributed by atoms with van der Waals surface area (Å²) in [6.07, 6.45) is 6.54. The van der Waals surface area contributed by atoms with Crippen molar-refractivity contribution in [2.24, 2.45) is 0 Å². The van der Waals surface area contributed by atoms with Gasteiger partial charge < -0.3 is 20.3 Å². The predicted octanol–water partition coefficient (Wildman–Crippen LogP) is 2.91. The molecule has 1 aromatic carbocycles. The van der Waals surface area contributed by atoms with E-state index in [9.17, 15) is 27.9 Å². The molecule has 2 aromatic rings. The van der Waals surface area contributed by atoms with E-state index in [0.29, 0.717) is 44.6 Å². The first-order valence-corrected chi connectivity index (χ1v) is 10.8. The largest absolute Gasteiger partial charge is 0.426 e. The van der Waals surface area contributed by atoms with Gasteiger partial charge in [-0.25, -0.2) is 4.98 Å². The van der Waals surface area contributed by atoms with E-state index >= 15 is 0 Å². The number of carbonyl (C=O) groups is 2. The number of carbonyl (C=O) groups excluding carboxylic acids is 2. The number of nitrogens with one attached hydrogen (secondary N) is 2. The number of alkyl halides is 3. The molecule has 4 rings (SSSR count). The topological polar surface area (TPSA) is 96.3 Å². The van der Waals surface area contributed by atoms with Crippen molar-refractivity contribution < 1.29 is 27.9 Å². The molecule has 2 aliphatic carbocycles. The Bertz CT molecular complexity index is 1070. The summed E-state index contributed by atoms with van der Waals surface area (Å²) in [5.41, 5.74) is -0.0997. The van der Waals surface area contributed by atoms with Gasteiger partial charge in [0.25, 0.3) is 11.8 Å². The molecule has 0 saturated heterocycles. The predicted molar refractivity (Wildman–Crippen MR) is 115 cm³/mol. The number of amides is 2. The highest BCUT2D eigenvalue weighted by molar-refractivity contribution is 5.98. The van der Waals surface area contributed by atoms with Crippen LogP contribution < -0.4 is 10.6 Å². The minimum atomic E-state index is -5.05. The number of hydrogen-bond donors (Lipinski definition) is 3. The lowest BCUT2D eigenvalue weighted by molar-refractivity contribution is -0.245. The van der Waals surface area contributed by atoms with Crippen molar-refractivity contribution in [2.45, 2.75) is 62.9 Å². The standard InChI is InChI=1S/C23H25F3N4O3/c1-22(33,23(24,25)26)21(32)29-16-7-5-15(6-8-16)28-20(31)19-12-17(30-10-9-27-13-30)11-14-3-2-4-18(14)19/h2-3,9-13,15-16,33H,4-8H2,1H3,(H,28,31)(H,29,32). The average Bonchev–Trinajstić information content (AvgIpc) is 3.45. The van der Waals surface area contributed by atoms with Crippen molar-refractivity contribution in [1.29, 1.82) is 0 Å². The van der Waals surface area contributed by atoms with Gasteiger partial charge in [0.15, 0.2) is 0 Å². The zero-order valence-corrected chi connectivity index (χ0v) is 18.0. The number of hydrogen-bond acceptors (Lipinski definition) is 4. The molecule has 2 aliphatic rings. The minimum Gasteiger partial charge on any atom is -0.373 e. The molecule has 1 aromatic heterocycles. The van der Waals surface area contributed by atoms with Crippen molar-refractivity contribution in [3.63, 3.8) is 0 Å².